The summed E-state index contributed by atoms with van der Waals surface area (Å²) in [6.07, 6.45) is 1.62. The highest BCUT2D eigenvalue weighted by Crippen LogP contribution is 2.11. The topological polar surface area (TPSA) is 33.2 Å². The zero-order valence-electron chi connectivity index (χ0n) is 8.49. The molecule has 1 aromatic rings. The van der Waals surface area contributed by atoms with Crippen LogP contribution in [0.3, 0.4) is 0 Å². The SMILES string of the molecule is CC(C)N(C)C(=O)c1ccnc(Br)c1. The summed E-state index contributed by atoms with van der Waals surface area (Å²) in [4.78, 5) is 17.5. The average Bonchev–Trinajstić information content (AvgIpc) is 2.15. The van der Waals surface area contributed by atoms with Gasteiger partial charge in [-0.1, -0.05) is 0 Å². The van der Waals surface area contributed by atoms with Gasteiger partial charge in [0.1, 0.15) is 4.60 Å². The fourth-order valence-electron chi connectivity index (χ4n) is 0.974. The molecule has 14 heavy (non-hydrogen) atoms. The summed E-state index contributed by atoms with van der Waals surface area (Å²) in [5.74, 6) is 0.0168. The van der Waals surface area contributed by atoms with Crippen LogP contribution < -0.4 is 0 Å². The monoisotopic (exact) mass is 256 g/mol. The van der Waals surface area contributed by atoms with Crippen LogP contribution in [-0.2, 0) is 0 Å². The van der Waals surface area contributed by atoms with Crippen molar-refractivity contribution in [3.8, 4) is 0 Å². The summed E-state index contributed by atoms with van der Waals surface area (Å²) >= 11 is 3.23. The van der Waals surface area contributed by atoms with Gasteiger partial charge in [0.2, 0.25) is 0 Å². The van der Waals surface area contributed by atoms with Crippen molar-refractivity contribution in [3.05, 3.63) is 28.5 Å². The molecule has 76 valence electrons. The molecule has 1 rings (SSSR count). The lowest BCUT2D eigenvalue weighted by Crippen LogP contribution is -2.32. The van der Waals surface area contributed by atoms with Gasteiger partial charge in [0.25, 0.3) is 5.91 Å². The van der Waals surface area contributed by atoms with Crippen molar-refractivity contribution >= 4 is 21.8 Å². The summed E-state index contributed by atoms with van der Waals surface area (Å²) in [5.41, 5.74) is 0.656. The zero-order chi connectivity index (χ0) is 10.7. The van der Waals surface area contributed by atoms with Gasteiger partial charge in [-0.15, -0.1) is 0 Å². The van der Waals surface area contributed by atoms with E-state index in [1.165, 1.54) is 0 Å². The number of amides is 1. The Labute approximate surface area is 92.3 Å². The molecule has 0 aliphatic rings. The van der Waals surface area contributed by atoms with E-state index >= 15 is 0 Å². The van der Waals surface area contributed by atoms with Crippen LogP contribution >= 0.6 is 15.9 Å². The molecule has 4 heteroatoms. The van der Waals surface area contributed by atoms with Crippen LogP contribution in [0.15, 0.2) is 22.9 Å². The first-order valence-electron chi connectivity index (χ1n) is 4.41. The second-order valence-electron chi connectivity index (χ2n) is 3.38. The molecule has 0 bridgehead atoms. The molecular formula is C10H13BrN2O. The molecule has 0 saturated heterocycles. The molecular weight excluding hydrogens is 244 g/mol. The van der Waals surface area contributed by atoms with Crippen molar-refractivity contribution in [1.82, 2.24) is 9.88 Å². The van der Waals surface area contributed by atoms with Crippen molar-refractivity contribution in [1.29, 1.82) is 0 Å². The van der Waals surface area contributed by atoms with E-state index in [-0.39, 0.29) is 11.9 Å². The van der Waals surface area contributed by atoms with Gasteiger partial charge in [0.05, 0.1) is 0 Å². The predicted octanol–water partition coefficient (Wildman–Crippen LogP) is 2.32. The van der Waals surface area contributed by atoms with Crippen LogP contribution in [0.1, 0.15) is 24.2 Å². The molecule has 3 nitrogen and oxygen atoms in total. The normalized spacial score (nSPS) is 10.4. The second-order valence-corrected chi connectivity index (χ2v) is 4.19. The number of hydrogen-bond acceptors (Lipinski definition) is 2. The number of pyridine rings is 1. The maximum atomic E-state index is 11.8. The van der Waals surface area contributed by atoms with Gasteiger partial charge in [-0.25, -0.2) is 4.98 Å². The summed E-state index contributed by atoms with van der Waals surface area (Å²) in [7, 11) is 1.79. The maximum Gasteiger partial charge on any atom is 0.253 e. The maximum absolute atomic E-state index is 11.8. The molecule has 0 fully saturated rings. The van der Waals surface area contributed by atoms with Crippen LogP contribution in [0, 0.1) is 0 Å². The lowest BCUT2D eigenvalue weighted by Gasteiger charge is -2.21. The van der Waals surface area contributed by atoms with E-state index in [2.05, 4.69) is 20.9 Å². The molecule has 0 saturated carbocycles. The van der Waals surface area contributed by atoms with Gasteiger partial charge in [0, 0.05) is 24.8 Å². The molecule has 0 atom stereocenters. The van der Waals surface area contributed by atoms with E-state index in [1.54, 1.807) is 30.3 Å². The number of halogens is 1. The quantitative estimate of drug-likeness (QED) is 0.762. The van der Waals surface area contributed by atoms with Crippen molar-refractivity contribution in [2.75, 3.05) is 7.05 Å². The van der Waals surface area contributed by atoms with Crippen LogP contribution in [0.25, 0.3) is 0 Å². The molecule has 1 heterocycles. The van der Waals surface area contributed by atoms with Crippen molar-refractivity contribution in [2.24, 2.45) is 0 Å². The minimum Gasteiger partial charge on any atom is -0.339 e. The lowest BCUT2D eigenvalue weighted by molar-refractivity contribution is 0.0754. The Hall–Kier alpha value is -0.900. The number of nitrogens with zero attached hydrogens (tertiary/aromatic N) is 2. The van der Waals surface area contributed by atoms with Gasteiger partial charge in [-0.05, 0) is 41.9 Å². The fourth-order valence-corrected chi connectivity index (χ4v) is 1.34. The third-order valence-electron chi connectivity index (χ3n) is 2.07. The van der Waals surface area contributed by atoms with Crippen LogP contribution in [0.2, 0.25) is 0 Å². The summed E-state index contributed by atoms with van der Waals surface area (Å²) in [6, 6.07) is 3.64. The largest absolute Gasteiger partial charge is 0.339 e. The molecule has 0 spiro atoms. The second kappa shape index (κ2) is 4.55. The third kappa shape index (κ3) is 2.54. The first-order valence-corrected chi connectivity index (χ1v) is 5.20. The van der Waals surface area contributed by atoms with Crippen molar-refractivity contribution in [3.63, 3.8) is 0 Å². The third-order valence-corrected chi connectivity index (χ3v) is 2.50. The first kappa shape index (κ1) is 11.2. The Kier molecular flexibility index (Phi) is 3.63. The highest BCUT2D eigenvalue weighted by atomic mass is 79.9. The van der Waals surface area contributed by atoms with Gasteiger partial charge >= 0.3 is 0 Å². The highest BCUT2D eigenvalue weighted by Gasteiger charge is 2.14. The van der Waals surface area contributed by atoms with E-state index in [1.807, 2.05) is 13.8 Å². The Morgan fingerprint density at radius 1 is 1.57 bits per heavy atom. The summed E-state index contributed by atoms with van der Waals surface area (Å²) in [5, 5.41) is 0. The minimum atomic E-state index is 0.0168. The van der Waals surface area contributed by atoms with Crippen LogP contribution in [0.5, 0.6) is 0 Å². The minimum absolute atomic E-state index is 0.0168. The Balaban J connectivity index is 2.89. The Morgan fingerprint density at radius 2 is 2.21 bits per heavy atom. The van der Waals surface area contributed by atoms with Gasteiger partial charge in [0.15, 0.2) is 0 Å². The smallest absolute Gasteiger partial charge is 0.253 e. The number of carbonyl (C=O) groups excluding carboxylic acids is 1. The summed E-state index contributed by atoms with van der Waals surface area (Å²) < 4.78 is 0.681. The standard InChI is InChI=1S/C10H13BrN2O/c1-7(2)13(3)10(14)8-4-5-12-9(11)6-8/h4-7H,1-3H3. The van der Waals surface area contributed by atoms with Crippen LogP contribution in [0.4, 0.5) is 0 Å². The summed E-state index contributed by atoms with van der Waals surface area (Å²) in [6.45, 7) is 3.96. The predicted molar refractivity (Wildman–Crippen MR) is 59.2 cm³/mol. The van der Waals surface area contributed by atoms with E-state index in [0.29, 0.717) is 10.2 Å². The van der Waals surface area contributed by atoms with E-state index in [0.717, 1.165) is 0 Å². The Morgan fingerprint density at radius 3 is 2.71 bits per heavy atom. The molecule has 1 aromatic heterocycles. The molecule has 0 N–H and O–H groups in total. The Bertz CT molecular complexity index is 339. The van der Waals surface area contributed by atoms with Crippen molar-refractivity contribution < 1.29 is 4.79 Å². The molecule has 0 radical (unpaired) electrons. The zero-order valence-corrected chi connectivity index (χ0v) is 10.1. The molecule has 0 aliphatic heterocycles. The average molecular weight is 257 g/mol. The van der Waals surface area contributed by atoms with Crippen molar-refractivity contribution in [2.45, 2.75) is 19.9 Å². The number of hydrogen-bond donors (Lipinski definition) is 0. The van der Waals surface area contributed by atoms with E-state index in [4.69, 9.17) is 0 Å². The number of aromatic nitrogens is 1. The number of carbonyl (C=O) groups is 1. The van der Waals surface area contributed by atoms with E-state index < -0.39 is 0 Å². The van der Waals surface area contributed by atoms with E-state index in [9.17, 15) is 4.79 Å². The molecule has 0 aliphatic carbocycles. The fraction of sp³-hybridized carbons (Fsp3) is 0.400. The highest BCUT2D eigenvalue weighted by molar-refractivity contribution is 9.10. The number of rotatable bonds is 2. The van der Waals surface area contributed by atoms with Gasteiger partial charge in [-0.3, -0.25) is 4.79 Å². The molecule has 1 amide bonds. The van der Waals surface area contributed by atoms with Crippen LogP contribution in [-0.4, -0.2) is 28.9 Å². The first-order chi connectivity index (χ1) is 6.52. The van der Waals surface area contributed by atoms with Gasteiger partial charge < -0.3 is 4.90 Å². The molecule has 0 aromatic carbocycles. The van der Waals surface area contributed by atoms with Gasteiger partial charge in [-0.2, -0.15) is 0 Å². The molecule has 0 unspecified atom stereocenters. The lowest BCUT2D eigenvalue weighted by atomic mass is 10.2.